The van der Waals surface area contributed by atoms with Crippen molar-refractivity contribution < 1.29 is 4.48 Å². The first-order valence-electron chi connectivity index (χ1n) is 3.91. The molecule has 0 unspecified atom stereocenters. The molecule has 0 saturated carbocycles. The molecule has 1 aliphatic heterocycles. The molecule has 0 N–H and O–H groups in total. The van der Waals surface area contributed by atoms with Gasteiger partial charge in [-0.2, -0.15) is 0 Å². The van der Waals surface area contributed by atoms with Crippen LogP contribution in [0.25, 0.3) is 0 Å². The van der Waals surface area contributed by atoms with Crippen molar-refractivity contribution in [1.82, 2.24) is 0 Å². The van der Waals surface area contributed by atoms with Crippen molar-refractivity contribution in [2.75, 3.05) is 26.2 Å². The van der Waals surface area contributed by atoms with Gasteiger partial charge in [0, 0.05) is 0 Å². The van der Waals surface area contributed by atoms with Crippen molar-refractivity contribution in [2.45, 2.75) is 0 Å². The Labute approximate surface area is 68.1 Å². The van der Waals surface area contributed by atoms with Crippen LogP contribution in [-0.4, -0.2) is 37.0 Å². The molecule has 0 bridgehead atoms. The number of nitrogens with zero attached hydrogens (tertiary/aromatic N) is 2. The largest absolute Gasteiger partial charge is 0.273 e. The van der Waals surface area contributed by atoms with Gasteiger partial charge in [0.2, 0.25) is 0 Å². The number of aliphatic imine (C=N–C) groups is 1. The summed E-state index contributed by atoms with van der Waals surface area (Å²) in [6, 6.07) is 0. The van der Waals surface area contributed by atoms with Gasteiger partial charge in [-0.25, -0.2) is 4.99 Å². The van der Waals surface area contributed by atoms with Crippen LogP contribution in [0.5, 0.6) is 0 Å². The van der Waals surface area contributed by atoms with E-state index in [-0.39, 0.29) is 0 Å². The maximum absolute atomic E-state index is 4.23. The van der Waals surface area contributed by atoms with E-state index in [0.717, 1.165) is 30.7 Å². The topological polar surface area (TPSA) is 12.4 Å². The summed E-state index contributed by atoms with van der Waals surface area (Å²) in [6.07, 6.45) is 5.91. The van der Waals surface area contributed by atoms with Gasteiger partial charge >= 0.3 is 0 Å². The highest BCUT2D eigenvalue weighted by Crippen LogP contribution is 2.08. The molecule has 11 heavy (non-hydrogen) atoms. The third-order valence-electron chi connectivity index (χ3n) is 1.99. The number of quaternary nitrogens is 1. The summed E-state index contributed by atoms with van der Waals surface area (Å²) in [5.41, 5.74) is 0. The van der Waals surface area contributed by atoms with Gasteiger partial charge in [0.25, 0.3) is 0 Å². The first-order valence-corrected chi connectivity index (χ1v) is 3.91. The van der Waals surface area contributed by atoms with Crippen molar-refractivity contribution in [1.29, 1.82) is 0 Å². The number of hydrogen-bond acceptors (Lipinski definition) is 1. The summed E-state index contributed by atoms with van der Waals surface area (Å²) in [6.45, 7) is 11.5. The average Bonchev–Trinajstić information content (AvgIpc) is 2.39. The van der Waals surface area contributed by atoms with E-state index in [1.54, 1.807) is 0 Å². The zero-order valence-corrected chi connectivity index (χ0v) is 6.87. The summed E-state index contributed by atoms with van der Waals surface area (Å²) in [5, 5.41) is 0. The van der Waals surface area contributed by atoms with E-state index in [1.165, 1.54) is 0 Å². The fraction of sp³-hybridized carbons (Fsp3) is 0.444. The third-order valence-corrected chi connectivity index (χ3v) is 1.99. The van der Waals surface area contributed by atoms with Gasteiger partial charge in [-0.1, -0.05) is 13.2 Å². The number of rotatable bonds is 4. The highest BCUT2D eigenvalue weighted by Gasteiger charge is 2.25. The molecule has 0 spiro atoms. The van der Waals surface area contributed by atoms with Crippen LogP contribution >= 0.6 is 0 Å². The minimum absolute atomic E-state index is 0.910. The fourth-order valence-corrected chi connectivity index (χ4v) is 1.41. The van der Waals surface area contributed by atoms with Crippen LogP contribution in [0.2, 0.25) is 0 Å². The standard InChI is InChI=1S/C9H15N2/c1-3-6-11(7-4-2)8-5-10-9-11/h3-4,9H,1-2,5-8H2/q+1. The van der Waals surface area contributed by atoms with E-state index in [0.29, 0.717) is 0 Å². The van der Waals surface area contributed by atoms with E-state index in [1.807, 2.05) is 18.5 Å². The van der Waals surface area contributed by atoms with Gasteiger partial charge in [0.15, 0.2) is 6.34 Å². The Bertz CT molecular complexity index is 172. The summed E-state index contributed by atoms with van der Waals surface area (Å²) >= 11 is 0. The predicted molar refractivity (Wildman–Crippen MR) is 48.6 cm³/mol. The Kier molecular flexibility index (Phi) is 2.60. The Morgan fingerprint density at radius 3 is 2.36 bits per heavy atom. The molecule has 1 aliphatic rings. The fourth-order valence-electron chi connectivity index (χ4n) is 1.41. The SMILES string of the molecule is C=CC[N+]1(CC=C)C=NCC1. The molecule has 0 radical (unpaired) electrons. The summed E-state index contributed by atoms with van der Waals surface area (Å²) < 4.78 is 0.910. The van der Waals surface area contributed by atoms with Crippen LogP contribution in [0.4, 0.5) is 0 Å². The minimum atomic E-state index is 0.910. The normalized spacial score (nSPS) is 20.0. The molecular formula is C9H15N2+. The smallest absolute Gasteiger partial charge is 0.186 e. The van der Waals surface area contributed by atoms with Crippen molar-refractivity contribution >= 4 is 6.34 Å². The van der Waals surface area contributed by atoms with Gasteiger partial charge < -0.3 is 0 Å². The molecule has 0 atom stereocenters. The molecular weight excluding hydrogens is 136 g/mol. The summed E-state index contributed by atoms with van der Waals surface area (Å²) in [5.74, 6) is 0. The van der Waals surface area contributed by atoms with Crippen molar-refractivity contribution in [3.8, 4) is 0 Å². The van der Waals surface area contributed by atoms with Crippen LogP contribution in [0.1, 0.15) is 0 Å². The average molecular weight is 151 g/mol. The third kappa shape index (κ3) is 1.77. The molecule has 0 fully saturated rings. The maximum Gasteiger partial charge on any atom is 0.186 e. The first-order chi connectivity index (χ1) is 5.33. The van der Waals surface area contributed by atoms with Crippen LogP contribution in [0, 0.1) is 0 Å². The molecule has 0 aromatic heterocycles. The van der Waals surface area contributed by atoms with E-state index < -0.39 is 0 Å². The zero-order valence-electron chi connectivity index (χ0n) is 6.87. The molecule has 2 nitrogen and oxygen atoms in total. The molecule has 1 heterocycles. The molecule has 0 saturated heterocycles. The second-order valence-electron chi connectivity index (χ2n) is 2.91. The summed E-state index contributed by atoms with van der Waals surface area (Å²) in [4.78, 5) is 4.23. The van der Waals surface area contributed by atoms with Gasteiger partial charge in [-0.3, -0.25) is 4.48 Å². The molecule has 60 valence electrons. The Morgan fingerprint density at radius 1 is 1.36 bits per heavy atom. The molecule has 1 rings (SSSR count). The van der Waals surface area contributed by atoms with Crippen LogP contribution < -0.4 is 0 Å². The Balaban J connectivity index is 2.61. The van der Waals surface area contributed by atoms with Crippen molar-refractivity contribution in [3.05, 3.63) is 25.3 Å². The lowest BCUT2D eigenvalue weighted by atomic mass is 10.3. The highest BCUT2D eigenvalue weighted by atomic mass is 15.4. The molecule has 0 aromatic rings. The zero-order chi connectivity index (χ0) is 8.16. The van der Waals surface area contributed by atoms with E-state index >= 15 is 0 Å². The molecule has 0 aliphatic carbocycles. The lowest BCUT2D eigenvalue weighted by molar-refractivity contribution is -0.815. The number of hydrogen-bond donors (Lipinski definition) is 0. The van der Waals surface area contributed by atoms with E-state index in [2.05, 4.69) is 18.2 Å². The van der Waals surface area contributed by atoms with Crippen molar-refractivity contribution in [2.24, 2.45) is 4.99 Å². The predicted octanol–water partition coefficient (Wildman–Crippen LogP) is 1.22. The van der Waals surface area contributed by atoms with E-state index in [9.17, 15) is 0 Å². The minimum Gasteiger partial charge on any atom is -0.273 e. The quantitative estimate of drug-likeness (QED) is 0.423. The Hall–Kier alpha value is -0.890. The van der Waals surface area contributed by atoms with Crippen LogP contribution in [0.15, 0.2) is 30.3 Å². The molecule has 0 aromatic carbocycles. The maximum atomic E-state index is 4.23. The van der Waals surface area contributed by atoms with Gasteiger partial charge in [-0.15, -0.1) is 0 Å². The lowest BCUT2D eigenvalue weighted by Crippen LogP contribution is -2.45. The van der Waals surface area contributed by atoms with E-state index in [4.69, 9.17) is 0 Å². The summed E-state index contributed by atoms with van der Waals surface area (Å²) in [7, 11) is 0. The molecule has 0 amide bonds. The van der Waals surface area contributed by atoms with Crippen LogP contribution in [0.3, 0.4) is 0 Å². The highest BCUT2D eigenvalue weighted by molar-refractivity contribution is 5.48. The lowest BCUT2D eigenvalue weighted by Gasteiger charge is -2.27. The van der Waals surface area contributed by atoms with Gasteiger partial charge in [0.05, 0.1) is 6.54 Å². The van der Waals surface area contributed by atoms with Crippen molar-refractivity contribution in [3.63, 3.8) is 0 Å². The van der Waals surface area contributed by atoms with Gasteiger partial charge in [-0.05, 0) is 12.2 Å². The monoisotopic (exact) mass is 151 g/mol. The first kappa shape index (κ1) is 8.21. The van der Waals surface area contributed by atoms with Crippen LogP contribution in [-0.2, 0) is 0 Å². The second-order valence-corrected chi connectivity index (χ2v) is 2.91. The second kappa shape index (κ2) is 3.49. The Morgan fingerprint density at radius 2 is 2.00 bits per heavy atom. The van der Waals surface area contributed by atoms with Gasteiger partial charge in [0.1, 0.15) is 19.6 Å². The molecule has 2 heteroatoms.